The maximum absolute atomic E-state index is 12.7. The predicted molar refractivity (Wildman–Crippen MR) is 64.7 cm³/mol. The van der Waals surface area contributed by atoms with E-state index in [0.717, 1.165) is 12.1 Å². The maximum Gasteiger partial charge on any atom is 0.240 e. The molecule has 0 heterocycles. The molecule has 0 saturated carbocycles. The van der Waals surface area contributed by atoms with Gasteiger partial charge in [0.1, 0.15) is 5.82 Å². The fourth-order valence-corrected chi connectivity index (χ4v) is 2.23. The number of nitrogens with one attached hydrogen (secondary N) is 1. The summed E-state index contributed by atoms with van der Waals surface area (Å²) in [5.41, 5.74) is 0. The van der Waals surface area contributed by atoms with Gasteiger partial charge in [0, 0.05) is 12.6 Å². The Hall–Kier alpha value is -0.980. The minimum Gasteiger partial charge on any atom is -0.305 e. The number of rotatable bonds is 5. The van der Waals surface area contributed by atoms with E-state index in [9.17, 15) is 12.8 Å². The number of benzene rings is 1. The minimum absolute atomic E-state index is 0.0739. The van der Waals surface area contributed by atoms with Gasteiger partial charge in [-0.05, 0) is 45.3 Å². The first kappa shape index (κ1) is 14.1. The van der Waals surface area contributed by atoms with Crippen molar-refractivity contribution in [3.05, 3.63) is 30.1 Å². The summed E-state index contributed by atoms with van der Waals surface area (Å²) in [5.74, 6) is -0.453. The van der Waals surface area contributed by atoms with Crippen LogP contribution >= 0.6 is 0 Å². The van der Waals surface area contributed by atoms with Gasteiger partial charge in [-0.2, -0.15) is 0 Å². The third kappa shape index (κ3) is 4.07. The summed E-state index contributed by atoms with van der Waals surface area (Å²) in [6.07, 6.45) is 0. The van der Waals surface area contributed by atoms with Crippen LogP contribution in [0.15, 0.2) is 29.2 Å². The molecule has 1 N–H and O–H groups in total. The standard InChI is InChI=1S/C11H17FN2O2S/c1-9(14(2)3)8-13-17(15,16)11-6-4-10(12)5-7-11/h4-7,9,13H,8H2,1-3H3. The number of nitrogens with zero attached hydrogens (tertiary/aromatic N) is 1. The van der Waals surface area contributed by atoms with Crippen molar-refractivity contribution in [3.63, 3.8) is 0 Å². The maximum atomic E-state index is 12.7. The van der Waals surface area contributed by atoms with E-state index in [4.69, 9.17) is 0 Å². The third-order valence-electron chi connectivity index (χ3n) is 2.57. The van der Waals surface area contributed by atoms with Crippen LogP contribution in [-0.2, 0) is 10.0 Å². The summed E-state index contributed by atoms with van der Waals surface area (Å²) in [7, 11) is 0.195. The number of likely N-dealkylation sites (N-methyl/N-ethyl adjacent to an activating group) is 1. The van der Waals surface area contributed by atoms with E-state index >= 15 is 0 Å². The molecule has 96 valence electrons. The molecule has 1 atom stereocenters. The monoisotopic (exact) mass is 260 g/mol. The van der Waals surface area contributed by atoms with Crippen LogP contribution < -0.4 is 4.72 Å². The van der Waals surface area contributed by atoms with Crippen molar-refractivity contribution in [2.24, 2.45) is 0 Å². The van der Waals surface area contributed by atoms with Gasteiger partial charge in [0.05, 0.1) is 4.90 Å². The van der Waals surface area contributed by atoms with E-state index in [1.807, 2.05) is 25.9 Å². The summed E-state index contributed by atoms with van der Waals surface area (Å²) in [5, 5.41) is 0. The van der Waals surface area contributed by atoms with E-state index in [0.29, 0.717) is 6.54 Å². The average molecular weight is 260 g/mol. The van der Waals surface area contributed by atoms with Crippen LogP contribution in [0, 0.1) is 5.82 Å². The van der Waals surface area contributed by atoms with Gasteiger partial charge in [-0.15, -0.1) is 0 Å². The molecule has 1 aromatic carbocycles. The molecule has 0 aliphatic rings. The smallest absolute Gasteiger partial charge is 0.240 e. The summed E-state index contributed by atoms with van der Waals surface area (Å²) < 4.78 is 38.8. The van der Waals surface area contributed by atoms with E-state index in [1.54, 1.807) is 0 Å². The van der Waals surface area contributed by atoms with E-state index in [2.05, 4.69) is 4.72 Å². The van der Waals surface area contributed by atoms with Crippen molar-refractivity contribution in [2.45, 2.75) is 17.9 Å². The van der Waals surface area contributed by atoms with Gasteiger partial charge in [-0.3, -0.25) is 0 Å². The Morgan fingerprint density at radius 2 is 1.82 bits per heavy atom. The second-order valence-corrected chi connectivity index (χ2v) is 5.89. The van der Waals surface area contributed by atoms with Crippen LogP contribution in [0.1, 0.15) is 6.92 Å². The molecule has 0 aromatic heterocycles. The highest BCUT2D eigenvalue weighted by atomic mass is 32.2. The first-order valence-corrected chi connectivity index (χ1v) is 6.73. The molecule has 0 saturated heterocycles. The van der Waals surface area contributed by atoms with Crippen molar-refractivity contribution in [1.29, 1.82) is 0 Å². The highest BCUT2D eigenvalue weighted by Gasteiger charge is 2.15. The molecule has 0 aliphatic carbocycles. The topological polar surface area (TPSA) is 49.4 Å². The first-order valence-electron chi connectivity index (χ1n) is 5.24. The normalized spacial score (nSPS) is 13.9. The Morgan fingerprint density at radius 1 is 1.29 bits per heavy atom. The lowest BCUT2D eigenvalue weighted by Gasteiger charge is -2.19. The molecular weight excluding hydrogens is 243 g/mol. The quantitative estimate of drug-likeness (QED) is 0.861. The zero-order valence-electron chi connectivity index (χ0n) is 10.1. The van der Waals surface area contributed by atoms with Crippen LogP contribution in [0.2, 0.25) is 0 Å². The number of hydrogen-bond acceptors (Lipinski definition) is 3. The van der Waals surface area contributed by atoms with Crippen molar-refractivity contribution in [2.75, 3.05) is 20.6 Å². The molecule has 0 fully saturated rings. The predicted octanol–water partition coefficient (Wildman–Crippen LogP) is 1.05. The molecule has 4 nitrogen and oxygen atoms in total. The SMILES string of the molecule is CC(CNS(=O)(=O)c1ccc(F)cc1)N(C)C. The summed E-state index contributed by atoms with van der Waals surface area (Å²) in [6.45, 7) is 2.22. The Labute approximate surface area is 101 Å². The average Bonchev–Trinajstić information content (AvgIpc) is 2.26. The van der Waals surface area contributed by atoms with Gasteiger partial charge < -0.3 is 4.90 Å². The Balaban J connectivity index is 2.72. The molecule has 0 spiro atoms. The highest BCUT2D eigenvalue weighted by Crippen LogP contribution is 2.09. The van der Waals surface area contributed by atoms with Crippen molar-refractivity contribution in [1.82, 2.24) is 9.62 Å². The van der Waals surface area contributed by atoms with Crippen molar-refractivity contribution in [3.8, 4) is 0 Å². The molecular formula is C11H17FN2O2S. The molecule has 0 amide bonds. The molecule has 17 heavy (non-hydrogen) atoms. The molecule has 0 bridgehead atoms. The second-order valence-electron chi connectivity index (χ2n) is 4.12. The van der Waals surface area contributed by atoms with Crippen molar-refractivity contribution >= 4 is 10.0 Å². The summed E-state index contributed by atoms with van der Waals surface area (Å²) >= 11 is 0. The van der Waals surface area contributed by atoms with E-state index in [-0.39, 0.29) is 10.9 Å². The summed E-state index contributed by atoms with van der Waals surface area (Å²) in [4.78, 5) is 1.98. The lowest BCUT2D eigenvalue weighted by Crippen LogP contribution is -2.38. The Bertz CT molecular complexity index is 457. The van der Waals surface area contributed by atoms with Gasteiger partial charge in [0.15, 0.2) is 0 Å². The van der Waals surface area contributed by atoms with Gasteiger partial charge in [0.25, 0.3) is 0 Å². The lowest BCUT2D eigenvalue weighted by molar-refractivity contribution is 0.314. The van der Waals surface area contributed by atoms with Gasteiger partial charge in [-0.1, -0.05) is 0 Å². The van der Waals surface area contributed by atoms with Gasteiger partial charge in [-0.25, -0.2) is 17.5 Å². The zero-order chi connectivity index (χ0) is 13.1. The van der Waals surface area contributed by atoms with E-state index in [1.165, 1.54) is 12.1 Å². The molecule has 1 aromatic rings. The largest absolute Gasteiger partial charge is 0.305 e. The fraction of sp³-hybridized carbons (Fsp3) is 0.455. The highest BCUT2D eigenvalue weighted by molar-refractivity contribution is 7.89. The molecule has 0 radical (unpaired) electrons. The fourth-order valence-electron chi connectivity index (χ4n) is 1.11. The second kappa shape index (κ2) is 5.57. The molecule has 0 aliphatic heterocycles. The van der Waals surface area contributed by atoms with Crippen molar-refractivity contribution < 1.29 is 12.8 Å². The van der Waals surface area contributed by atoms with Gasteiger partial charge >= 0.3 is 0 Å². The number of sulfonamides is 1. The molecule has 1 rings (SSSR count). The van der Waals surface area contributed by atoms with Crippen LogP contribution in [0.25, 0.3) is 0 Å². The molecule has 1 unspecified atom stereocenters. The number of halogens is 1. The van der Waals surface area contributed by atoms with Gasteiger partial charge in [0.2, 0.25) is 10.0 Å². The summed E-state index contributed by atoms with van der Waals surface area (Å²) in [6, 6.07) is 4.84. The Kier molecular flexibility index (Phi) is 4.62. The lowest BCUT2D eigenvalue weighted by atomic mass is 10.3. The zero-order valence-corrected chi connectivity index (χ0v) is 11.0. The van der Waals surface area contributed by atoms with Crippen LogP contribution in [-0.4, -0.2) is 40.0 Å². The molecule has 6 heteroatoms. The van der Waals surface area contributed by atoms with Crippen LogP contribution in [0.3, 0.4) is 0 Å². The number of hydrogen-bond donors (Lipinski definition) is 1. The van der Waals surface area contributed by atoms with Crippen LogP contribution in [0.5, 0.6) is 0 Å². The Morgan fingerprint density at radius 3 is 2.29 bits per heavy atom. The first-order chi connectivity index (χ1) is 7.83. The minimum atomic E-state index is -3.55. The van der Waals surface area contributed by atoms with E-state index < -0.39 is 15.8 Å². The van der Waals surface area contributed by atoms with Crippen LogP contribution in [0.4, 0.5) is 4.39 Å². The third-order valence-corrected chi connectivity index (χ3v) is 4.01.